The Bertz CT molecular complexity index is 759. The maximum atomic E-state index is 12.4. The first kappa shape index (κ1) is 20.4. The maximum absolute atomic E-state index is 12.4. The molecule has 1 aliphatic heterocycles. The lowest BCUT2D eigenvalue weighted by molar-refractivity contribution is -0.122. The van der Waals surface area contributed by atoms with Crippen LogP contribution in [0.1, 0.15) is 76.7 Å². The van der Waals surface area contributed by atoms with E-state index in [9.17, 15) is 14.7 Å². The van der Waals surface area contributed by atoms with Crippen molar-refractivity contribution in [2.24, 2.45) is 5.92 Å². The second-order valence-electron chi connectivity index (χ2n) is 9.04. The number of nitrogens with one attached hydrogen (secondary N) is 1. The molecule has 160 valence electrons. The number of nitrogens with zero attached hydrogens (tertiary/aromatic N) is 3. The Morgan fingerprint density at radius 1 is 1.07 bits per heavy atom. The van der Waals surface area contributed by atoms with Gasteiger partial charge >= 0.3 is 0 Å². The summed E-state index contributed by atoms with van der Waals surface area (Å²) >= 11 is 0. The zero-order valence-electron chi connectivity index (χ0n) is 17.3. The number of rotatable bonds is 6. The number of hydrogen-bond donors (Lipinski definition) is 2. The van der Waals surface area contributed by atoms with Crippen LogP contribution in [0.15, 0.2) is 16.9 Å². The number of carbonyl (C=O) groups is 1. The third-order valence-corrected chi connectivity index (χ3v) is 6.97. The standard InChI is InChI=1S/C22H34N4O3/c27-19-10-5-9-18(19)26-22(29)12-11-20(24-26)25-13-4-3-8-17(25)15-23-21(28)14-16-6-1-2-7-16/h11-12,16-19,27H,1-10,13-15H2,(H,23,28). The number of anilines is 1. The van der Waals surface area contributed by atoms with Gasteiger partial charge in [0.05, 0.1) is 12.1 Å². The Morgan fingerprint density at radius 2 is 1.86 bits per heavy atom. The molecule has 29 heavy (non-hydrogen) atoms. The molecule has 0 spiro atoms. The fourth-order valence-corrected chi connectivity index (χ4v) is 5.31. The Hall–Kier alpha value is -1.89. The SMILES string of the molecule is O=C(CC1CCCC1)NCC1CCCCN1c1ccc(=O)n(C2CCCC2O)n1. The first-order valence-corrected chi connectivity index (χ1v) is 11.4. The third-order valence-electron chi connectivity index (χ3n) is 6.97. The number of aliphatic hydroxyl groups is 1. The maximum Gasteiger partial charge on any atom is 0.267 e. The van der Waals surface area contributed by atoms with Crippen molar-refractivity contribution in [1.29, 1.82) is 0 Å². The first-order chi connectivity index (χ1) is 14.1. The Morgan fingerprint density at radius 3 is 2.62 bits per heavy atom. The lowest BCUT2D eigenvalue weighted by Crippen LogP contribution is -2.48. The summed E-state index contributed by atoms with van der Waals surface area (Å²) in [4.78, 5) is 27.0. The van der Waals surface area contributed by atoms with Crippen LogP contribution in [0.3, 0.4) is 0 Å². The van der Waals surface area contributed by atoms with E-state index in [1.807, 2.05) is 0 Å². The lowest BCUT2D eigenvalue weighted by atomic mass is 10.0. The van der Waals surface area contributed by atoms with E-state index in [-0.39, 0.29) is 23.6 Å². The van der Waals surface area contributed by atoms with Crippen molar-refractivity contribution < 1.29 is 9.90 Å². The van der Waals surface area contributed by atoms with Crippen LogP contribution in [0.25, 0.3) is 0 Å². The molecule has 2 saturated carbocycles. The quantitative estimate of drug-likeness (QED) is 0.763. The monoisotopic (exact) mass is 402 g/mol. The predicted molar refractivity (Wildman–Crippen MR) is 112 cm³/mol. The molecule has 1 aromatic heterocycles. The third kappa shape index (κ3) is 4.82. The number of hydrogen-bond acceptors (Lipinski definition) is 5. The second kappa shape index (κ2) is 9.28. The van der Waals surface area contributed by atoms with Gasteiger partial charge in [0.25, 0.3) is 5.56 Å². The van der Waals surface area contributed by atoms with Crippen molar-refractivity contribution in [1.82, 2.24) is 15.1 Å². The topological polar surface area (TPSA) is 87.5 Å². The van der Waals surface area contributed by atoms with Gasteiger partial charge in [0, 0.05) is 31.6 Å². The van der Waals surface area contributed by atoms with Crippen molar-refractivity contribution in [2.45, 2.75) is 88.8 Å². The van der Waals surface area contributed by atoms with E-state index in [1.54, 1.807) is 12.1 Å². The van der Waals surface area contributed by atoms with E-state index in [0.29, 0.717) is 18.9 Å². The Labute approximate surface area is 172 Å². The molecule has 7 nitrogen and oxygen atoms in total. The van der Waals surface area contributed by atoms with Gasteiger partial charge in [-0.05, 0) is 63.4 Å². The van der Waals surface area contributed by atoms with Crippen LogP contribution in [0.5, 0.6) is 0 Å². The number of piperidine rings is 1. The lowest BCUT2D eigenvalue weighted by Gasteiger charge is -2.37. The van der Waals surface area contributed by atoms with Gasteiger partial charge in [0.15, 0.2) is 0 Å². The molecule has 4 rings (SSSR count). The Balaban J connectivity index is 1.43. The van der Waals surface area contributed by atoms with Crippen molar-refractivity contribution in [3.8, 4) is 0 Å². The van der Waals surface area contributed by atoms with Gasteiger partial charge in [-0.1, -0.05) is 12.8 Å². The molecule has 0 aromatic carbocycles. The Kier molecular flexibility index (Phi) is 6.53. The molecule has 3 atom stereocenters. The highest BCUT2D eigenvalue weighted by Gasteiger charge is 2.30. The zero-order valence-corrected chi connectivity index (χ0v) is 17.3. The molecule has 1 saturated heterocycles. The van der Waals surface area contributed by atoms with Crippen LogP contribution < -0.4 is 15.8 Å². The summed E-state index contributed by atoms with van der Waals surface area (Å²) in [5.74, 6) is 1.49. The van der Waals surface area contributed by atoms with Crippen LogP contribution in [-0.2, 0) is 4.79 Å². The molecule has 3 unspecified atom stereocenters. The molecule has 3 aliphatic rings. The van der Waals surface area contributed by atoms with Crippen molar-refractivity contribution in [3.63, 3.8) is 0 Å². The zero-order chi connectivity index (χ0) is 20.2. The van der Waals surface area contributed by atoms with Crippen LogP contribution >= 0.6 is 0 Å². The van der Waals surface area contributed by atoms with E-state index in [2.05, 4.69) is 15.3 Å². The van der Waals surface area contributed by atoms with Crippen LogP contribution in [0, 0.1) is 5.92 Å². The van der Waals surface area contributed by atoms with Gasteiger partial charge in [-0.3, -0.25) is 9.59 Å². The molecule has 2 N–H and O–H groups in total. The smallest absolute Gasteiger partial charge is 0.267 e. The van der Waals surface area contributed by atoms with Gasteiger partial charge in [0.2, 0.25) is 5.91 Å². The summed E-state index contributed by atoms with van der Waals surface area (Å²) in [5.41, 5.74) is -0.155. The van der Waals surface area contributed by atoms with Gasteiger partial charge in [-0.15, -0.1) is 0 Å². The summed E-state index contributed by atoms with van der Waals surface area (Å²) in [6.07, 6.45) is 10.7. The van der Waals surface area contributed by atoms with Gasteiger partial charge in [-0.25, -0.2) is 4.68 Å². The fourth-order valence-electron chi connectivity index (χ4n) is 5.31. The highest BCUT2D eigenvalue weighted by Crippen LogP contribution is 2.30. The number of amides is 1. The van der Waals surface area contributed by atoms with E-state index in [4.69, 9.17) is 0 Å². The van der Waals surface area contributed by atoms with E-state index in [1.165, 1.54) is 30.4 Å². The summed E-state index contributed by atoms with van der Waals surface area (Å²) in [6.45, 7) is 1.50. The van der Waals surface area contributed by atoms with E-state index >= 15 is 0 Å². The summed E-state index contributed by atoms with van der Waals surface area (Å²) < 4.78 is 1.48. The molecule has 1 aromatic rings. The van der Waals surface area contributed by atoms with Crippen molar-refractivity contribution >= 4 is 11.7 Å². The van der Waals surface area contributed by atoms with Crippen molar-refractivity contribution in [3.05, 3.63) is 22.5 Å². The molecule has 1 amide bonds. The first-order valence-electron chi connectivity index (χ1n) is 11.4. The number of aliphatic hydroxyl groups excluding tert-OH is 1. The molecule has 7 heteroatoms. The molecule has 0 bridgehead atoms. The van der Waals surface area contributed by atoms with Crippen molar-refractivity contribution in [2.75, 3.05) is 18.0 Å². The minimum Gasteiger partial charge on any atom is -0.391 e. The molecular weight excluding hydrogens is 368 g/mol. The highest BCUT2D eigenvalue weighted by atomic mass is 16.3. The van der Waals surface area contributed by atoms with E-state index in [0.717, 1.165) is 50.9 Å². The minimum atomic E-state index is -0.498. The minimum absolute atomic E-state index is 0.155. The predicted octanol–water partition coefficient (Wildman–Crippen LogP) is 2.38. The van der Waals surface area contributed by atoms with Gasteiger partial charge in [-0.2, -0.15) is 5.10 Å². The van der Waals surface area contributed by atoms with Crippen LogP contribution in [-0.4, -0.2) is 46.0 Å². The largest absolute Gasteiger partial charge is 0.391 e. The normalized spacial score (nSPS) is 28.0. The van der Waals surface area contributed by atoms with E-state index < -0.39 is 6.10 Å². The summed E-state index contributed by atoms with van der Waals surface area (Å²) in [7, 11) is 0. The molecule has 3 fully saturated rings. The highest BCUT2D eigenvalue weighted by molar-refractivity contribution is 5.76. The average molecular weight is 403 g/mol. The van der Waals surface area contributed by atoms with Gasteiger partial charge in [0.1, 0.15) is 5.82 Å². The fraction of sp³-hybridized carbons (Fsp3) is 0.773. The number of aromatic nitrogens is 2. The molecule has 0 radical (unpaired) electrons. The van der Waals surface area contributed by atoms with Crippen LogP contribution in [0.2, 0.25) is 0 Å². The molecule has 2 aliphatic carbocycles. The average Bonchev–Trinajstić information content (AvgIpc) is 3.39. The van der Waals surface area contributed by atoms with Gasteiger partial charge < -0.3 is 15.3 Å². The molecular formula is C22H34N4O3. The van der Waals surface area contributed by atoms with Crippen LogP contribution in [0.4, 0.5) is 5.82 Å². The number of carbonyl (C=O) groups excluding carboxylic acids is 1. The summed E-state index contributed by atoms with van der Waals surface area (Å²) in [5, 5.41) is 18.0. The molecule has 2 heterocycles. The second-order valence-corrected chi connectivity index (χ2v) is 9.04. The summed E-state index contributed by atoms with van der Waals surface area (Å²) in [6, 6.07) is 3.33.